The Balaban J connectivity index is 1.53. The molecule has 5 rings (SSSR count). The highest BCUT2D eigenvalue weighted by molar-refractivity contribution is 5.74. The van der Waals surface area contributed by atoms with Gasteiger partial charge in [0.2, 0.25) is 0 Å². The largest absolute Gasteiger partial charge is 0.341 e. The number of aromatic nitrogens is 3. The smallest absolute Gasteiger partial charge is 0.121 e. The minimum Gasteiger partial charge on any atom is -0.341 e. The lowest BCUT2D eigenvalue weighted by molar-refractivity contribution is 0.153. The fourth-order valence-electron chi connectivity index (χ4n) is 4.70. The van der Waals surface area contributed by atoms with Crippen LogP contribution in [0.4, 0.5) is 0 Å². The molecule has 2 aromatic carbocycles. The van der Waals surface area contributed by atoms with E-state index in [0.29, 0.717) is 25.2 Å². The predicted octanol–water partition coefficient (Wildman–Crippen LogP) is 4.37. The van der Waals surface area contributed by atoms with Crippen molar-refractivity contribution in [2.75, 3.05) is 0 Å². The molecular weight excluding hydrogens is 396 g/mol. The number of hydrogen-bond donors (Lipinski definition) is 2. The Morgan fingerprint density at radius 2 is 2.03 bits per heavy atom. The van der Waals surface area contributed by atoms with Crippen LogP contribution in [0.2, 0.25) is 0 Å². The first-order chi connectivity index (χ1) is 15.7. The van der Waals surface area contributed by atoms with Crippen molar-refractivity contribution < 1.29 is 0 Å². The Kier molecular flexibility index (Phi) is 5.68. The van der Waals surface area contributed by atoms with E-state index in [1.54, 1.807) is 0 Å². The number of pyridine rings is 1. The van der Waals surface area contributed by atoms with Crippen molar-refractivity contribution in [1.29, 1.82) is 5.26 Å². The highest BCUT2D eigenvalue weighted by Gasteiger charge is 2.28. The van der Waals surface area contributed by atoms with Crippen LogP contribution in [0.1, 0.15) is 52.7 Å². The van der Waals surface area contributed by atoms with Gasteiger partial charge in [0.25, 0.3) is 0 Å². The van der Waals surface area contributed by atoms with Crippen molar-refractivity contribution in [3.05, 3.63) is 94.6 Å². The van der Waals surface area contributed by atoms with Crippen molar-refractivity contribution in [2.24, 2.45) is 5.73 Å². The summed E-state index contributed by atoms with van der Waals surface area (Å²) < 4.78 is 0. The van der Waals surface area contributed by atoms with Crippen LogP contribution >= 0.6 is 0 Å². The van der Waals surface area contributed by atoms with E-state index in [4.69, 9.17) is 15.7 Å². The summed E-state index contributed by atoms with van der Waals surface area (Å²) in [5.41, 5.74) is 12.9. The number of aryl methyl sites for hydroxylation is 1. The average molecular weight is 423 g/mol. The highest BCUT2D eigenvalue weighted by atomic mass is 15.2. The van der Waals surface area contributed by atoms with E-state index in [1.807, 2.05) is 54.7 Å². The van der Waals surface area contributed by atoms with Crippen LogP contribution in [-0.4, -0.2) is 19.9 Å². The summed E-state index contributed by atoms with van der Waals surface area (Å²) in [6, 6.07) is 20.8. The maximum atomic E-state index is 9.76. The van der Waals surface area contributed by atoms with Crippen LogP contribution in [-0.2, 0) is 26.1 Å². The number of hydrogen-bond acceptors (Lipinski definition) is 5. The molecule has 4 aromatic rings. The van der Waals surface area contributed by atoms with Crippen LogP contribution in [0, 0.1) is 11.3 Å². The van der Waals surface area contributed by atoms with Crippen molar-refractivity contribution in [3.8, 4) is 6.07 Å². The number of nitrogens with two attached hydrogens (primary N) is 1. The maximum absolute atomic E-state index is 9.76. The maximum Gasteiger partial charge on any atom is 0.121 e. The number of imidazole rings is 1. The number of H-pyrrole nitrogens is 1. The molecule has 0 aliphatic heterocycles. The van der Waals surface area contributed by atoms with Crippen molar-refractivity contribution in [3.63, 3.8) is 0 Å². The van der Waals surface area contributed by atoms with Crippen LogP contribution < -0.4 is 5.73 Å². The normalized spacial score (nSPS) is 15.6. The lowest BCUT2D eigenvalue weighted by atomic mass is 9.90. The second-order valence-electron chi connectivity index (χ2n) is 8.37. The quantitative estimate of drug-likeness (QED) is 0.481. The van der Waals surface area contributed by atoms with Gasteiger partial charge in [-0.25, -0.2) is 4.98 Å². The molecule has 160 valence electrons. The van der Waals surface area contributed by atoms with Crippen molar-refractivity contribution >= 4 is 11.0 Å². The number of para-hydroxylation sites is 2. The van der Waals surface area contributed by atoms with E-state index in [0.717, 1.165) is 52.9 Å². The van der Waals surface area contributed by atoms with Gasteiger partial charge >= 0.3 is 0 Å². The molecule has 0 fully saturated rings. The first-order valence-corrected chi connectivity index (χ1v) is 11.1. The highest BCUT2D eigenvalue weighted by Crippen LogP contribution is 2.35. The summed E-state index contributed by atoms with van der Waals surface area (Å²) in [5.74, 6) is 0.923. The fourth-order valence-corrected chi connectivity index (χ4v) is 4.70. The van der Waals surface area contributed by atoms with Crippen LogP contribution in [0.5, 0.6) is 0 Å². The van der Waals surface area contributed by atoms with Gasteiger partial charge in [-0.1, -0.05) is 30.3 Å². The van der Waals surface area contributed by atoms with Gasteiger partial charge in [-0.05, 0) is 60.2 Å². The lowest BCUT2D eigenvalue weighted by Crippen LogP contribution is -2.32. The molecule has 2 heterocycles. The molecule has 32 heavy (non-hydrogen) atoms. The van der Waals surface area contributed by atoms with E-state index in [-0.39, 0.29) is 6.04 Å². The van der Waals surface area contributed by atoms with E-state index in [1.165, 1.54) is 5.56 Å². The molecule has 2 aromatic heterocycles. The molecule has 1 aliphatic rings. The Labute approximate surface area is 187 Å². The molecule has 1 aliphatic carbocycles. The number of nitrogens with one attached hydrogen (secondary N) is 1. The molecule has 1 atom stereocenters. The summed E-state index contributed by atoms with van der Waals surface area (Å²) in [4.78, 5) is 15.5. The number of rotatable bonds is 6. The number of aromatic amines is 1. The van der Waals surface area contributed by atoms with Crippen molar-refractivity contribution in [2.45, 2.75) is 44.9 Å². The number of nitriles is 1. The van der Waals surface area contributed by atoms with Gasteiger partial charge in [0.15, 0.2) is 0 Å². The molecule has 3 N–H and O–H groups in total. The summed E-state index contributed by atoms with van der Waals surface area (Å²) in [6.45, 7) is 1.72. The zero-order valence-corrected chi connectivity index (χ0v) is 18.0. The Morgan fingerprint density at radius 3 is 2.88 bits per heavy atom. The van der Waals surface area contributed by atoms with E-state index in [9.17, 15) is 5.26 Å². The molecular formula is C26H26N6. The van der Waals surface area contributed by atoms with Crippen LogP contribution in [0.25, 0.3) is 11.0 Å². The molecule has 0 spiro atoms. The molecule has 6 nitrogen and oxygen atoms in total. The third-order valence-corrected chi connectivity index (χ3v) is 6.30. The summed E-state index contributed by atoms with van der Waals surface area (Å²) in [6.07, 6.45) is 5.10. The molecule has 0 bridgehead atoms. The summed E-state index contributed by atoms with van der Waals surface area (Å²) >= 11 is 0. The molecule has 0 saturated heterocycles. The monoisotopic (exact) mass is 422 g/mol. The van der Waals surface area contributed by atoms with Crippen LogP contribution in [0.3, 0.4) is 0 Å². The van der Waals surface area contributed by atoms with Gasteiger partial charge < -0.3 is 10.7 Å². The Hall–Kier alpha value is -3.53. The van der Waals surface area contributed by atoms with Gasteiger partial charge in [-0.3, -0.25) is 9.88 Å². The predicted molar refractivity (Wildman–Crippen MR) is 124 cm³/mol. The minimum atomic E-state index is 0.175. The van der Waals surface area contributed by atoms with Gasteiger partial charge in [0, 0.05) is 19.3 Å². The first-order valence-electron chi connectivity index (χ1n) is 11.1. The van der Waals surface area contributed by atoms with Gasteiger partial charge in [0.05, 0.1) is 40.9 Å². The van der Waals surface area contributed by atoms with Gasteiger partial charge in [0.1, 0.15) is 5.82 Å². The number of benzene rings is 2. The zero-order chi connectivity index (χ0) is 21.9. The zero-order valence-electron chi connectivity index (χ0n) is 18.0. The number of fused-ring (bicyclic) bond motifs is 2. The first kappa shape index (κ1) is 20.4. The molecule has 0 amide bonds. The van der Waals surface area contributed by atoms with E-state index in [2.05, 4.69) is 22.0 Å². The summed E-state index contributed by atoms with van der Waals surface area (Å²) in [5, 5.41) is 9.76. The standard InChI is InChI=1S/C26H26N6/c27-14-18-10-11-20(21(13-18)15-28)16-32(17-25-30-22-7-1-2-8-23(22)31-25)24-9-3-5-19-6-4-12-29-26(19)24/h1-2,4,6-8,10-13,24H,3,5,9,14,16-17,27H2,(H,30,31). The molecule has 0 saturated carbocycles. The van der Waals surface area contributed by atoms with Crippen molar-refractivity contribution in [1.82, 2.24) is 19.9 Å². The second-order valence-corrected chi connectivity index (χ2v) is 8.37. The van der Waals surface area contributed by atoms with Gasteiger partial charge in [-0.2, -0.15) is 5.26 Å². The number of nitrogens with zero attached hydrogens (tertiary/aromatic N) is 4. The third kappa shape index (κ3) is 4.01. The molecule has 6 heteroatoms. The molecule has 1 unspecified atom stereocenters. The topological polar surface area (TPSA) is 94.6 Å². The summed E-state index contributed by atoms with van der Waals surface area (Å²) in [7, 11) is 0. The van der Waals surface area contributed by atoms with E-state index >= 15 is 0 Å². The average Bonchev–Trinajstić information content (AvgIpc) is 3.26. The van der Waals surface area contributed by atoms with Crippen LogP contribution in [0.15, 0.2) is 60.8 Å². The lowest BCUT2D eigenvalue weighted by Gasteiger charge is -2.34. The SMILES string of the molecule is N#Cc1cc(CN)ccc1CN(Cc1nc2ccccc2[nH]1)C1CCCc2cccnc21. The third-order valence-electron chi connectivity index (χ3n) is 6.30. The second kappa shape index (κ2) is 8.91. The minimum absolute atomic E-state index is 0.175. The Bertz CT molecular complexity index is 1250. The van der Waals surface area contributed by atoms with E-state index < -0.39 is 0 Å². The van der Waals surface area contributed by atoms with Gasteiger partial charge in [-0.15, -0.1) is 0 Å². The fraction of sp³-hybridized carbons (Fsp3) is 0.269. The Morgan fingerprint density at radius 1 is 1.12 bits per heavy atom. The molecule has 0 radical (unpaired) electrons.